The minimum absolute atomic E-state index is 0.0509. The first-order valence-corrected chi connectivity index (χ1v) is 5.94. The van der Waals surface area contributed by atoms with Gasteiger partial charge in [0.15, 0.2) is 5.78 Å². The largest absolute Gasteiger partial charge is 0.439 e. The molecule has 3 nitrogen and oxygen atoms in total. The lowest BCUT2D eigenvalue weighted by molar-refractivity contribution is -0.203. The third-order valence-corrected chi connectivity index (χ3v) is 2.89. The Hall–Kier alpha value is -1.92. The van der Waals surface area contributed by atoms with Crippen LogP contribution in [-0.4, -0.2) is 21.5 Å². The molecule has 2 aromatic rings. The number of rotatable bonds is 3. The number of pyridine rings is 1. The molecule has 1 atom stereocenters. The molecule has 0 aliphatic heterocycles. The van der Waals surface area contributed by atoms with E-state index in [0.717, 1.165) is 6.20 Å². The van der Waals surface area contributed by atoms with Crippen molar-refractivity contribution < 1.29 is 22.4 Å². The van der Waals surface area contributed by atoms with E-state index in [9.17, 15) is 22.4 Å². The van der Waals surface area contributed by atoms with Crippen molar-refractivity contribution in [3.05, 3.63) is 30.1 Å². The maximum atomic E-state index is 13.5. The van der Waals surface area contributed by atoms with E-state index in [-0.39, 0.29) is 22.4 Å². The lowest BCUT2D eigenvalue weighted by atomic mass is 10.0. The van der Waals surface area contributed by atoms with Gasteiger partial charge in [-0.2, -0.15) is 13.2 Å². The second-order valence-corrected chi connectivity index (χ2v) is 4.72. The van der Waals surface area contributed by atoms with Crippen LogP contribution in [0.4, 0.5) is 17.6 Å². The highest BCUT2D eigenvalue weighted by molar-refractivity contribution is 6.08. The third kappa shape index (κ3) is 2.39. The van der Waals surface area contributed by atoms with Crippen LogP contribution in [0.15, 0.2) is 24.5 Å². The molecule has 0 aliphatic rings. The van der Waals surface area contributed by atoms with Crippen molar-refractivity contribution in [3.63, 3.8) is 0 Å². The topological polar surface area (TPSA) is 34.9 Å². The molecule has 0 bridgehead atoms. The molecule has 0 aromatic carbocycles. The second kappa shape index (κ2) is 4.88. The van der Waals surface area contributed by atoms with E-state index < -0.39 is 18.4 Å². The highest BCUT2D eigenvalue weighted by atomic mass is 19.4. The van der Waals surface area contributed by atoms with Gasteiger partial charge in [-0.25, -0.2) is 9.37 Å². The molecule has 108 valence electrons. The van der Waals surface area contributed by atoms with Crippen molar-refractivity contribution in [2.75, 3.05) is 0 Å². The molecule has 0 fully saturated rings. The zero-order valence-corrected chi connectivity index (χ0v) is 10.8. The van der Waals surface area contributed by atoms with E-state index >= 15 is 0 Å². The number of Topliss-reactive ketones (excluding diaryl/α,β-unsaturated/α-hetero) is 1. The number of alkyl halides is 4. The molecule has 0 aliphatic carbocycles. The number of hydrogen-bond donors (Lipinski definition) is 0. The van der Waals surface area contributed by atoms with Crippen LogP contribution in [0.5, 0.6) is 0 Å². The molecule has 0 spiro atoms. The molecule has 0 radical (unpaired) electrons. The van der Waals surface area contributed by atoms with Crippen LogP contribution in [0, 0.1) is 5.92 Å². The first-order valence-electron chi connectivity index (χ1n) is 5.94. The number of aromatic nitrogens is 2. The maximum absolute atomic E-state index is 13.5. The first kappa shape index (κ1) is 14.5. The summed E-state index contributed by atoms with van der Waals surface area (Å²) < 4.78 is 51.5. The summed E-state index contributed by atoms with van der Waals surface area (Å²) in [4.78, 5) is 15.7. The zero-order chi connectivity index (χ0) is 15.1. The Bertz CT molecular complexity index is 645. The van der Waals surface area contributed by atoms with E-state index in [2.05, 4.69) is 4.98 Å². The molecule has 2 aromatic heterocycles. The van der Waals surface area contributed by atoms with Gasteiger partial charge in [-0.3, -0.25) is 9.36 Å². The molecule has 0 saturated carbocycles. The van der Waals surface area contributed by atoms with Gasteiger partial charge in [-0.05, 0) is 12.1 Å². The minimum atomic E-state index is -5.05. The third-order valence-electron chi connectivity index (χ3n) is 2.89. The van der Waals surface area contributed by atoms with E-state index in [0.29, 0.717) is 4.57 Å². The minimum Gasteiger partial charge on any atom is -0.294 e. The number of nitrogens with zero attached hydrogens (tertiary/aromatic N) is 2. The fraction of sp³-hybridized carbons (Fsp3) is 0.385. The predicted octanol–water partition coefficient (Wildman–Crippen LogP) is 3.91. The molecule has 7 heteroatoms. The zero-order valence-electron chi connectivity index (χ0n) is 10.8. The average molecular weight is 288 g/mol. The number of hydrogen-bond acceptors (Lipinski definition) is 2. The summed E-state index contributed by atoms with van der Waals surface area (Å²) in [5.41, 5.74) is -0.142. The highest BCUT2D eigenvalue weighted by Crippen LogP contribution is 2.35. The van der Waals surface area contributed by atoms with Crippen molar-refractivity contribution in [1.29, 1.82) is 0 Å². The van der Waals surface area contributed by atoms with Crippen molar-refractivity contribution in [1.82, 2.24) is 9.55 Å². The molecular weight excluding hydrogens is 276 g/mol. The Kier molecular flexibility index (Phi) is 3.54. The van der Waals surface area contributed by atoms with E-state index in [1.165, 1.54) is 18.3 Å². The Morgan fingerprint density at radius 2 is 2.00 bits per heavy atom. The summed E-state index contributed by atoms with van der Waals surface area (Å²) in [5, 5.41) is 0.220. The Balaban J connectivity index is 2.66. The maximum Gasteiger partial charge on any atom is 0.439 e. The Labute approximate surface area is 112 Å². The SMILES string of the molecule is CC(C)C(=O)c1cn(C(F)C(F)(F)F)c2ncccc12. The second-order valence-electron chi connectivity index (χ2n) is 4.72. The van der Waals surface area contributed by atoms with E-state index in [1.807, 2.05) is 0 Å². The van der Waals surface area contributed by atoms with Crippen LogP contribution in [0.1, 0.15) is 30.5 Å². The highest BCUT2D eigenvalue weighted by Gasteiger charge is 2.43. The van der Waals surface area contributed by atoms with Gasteiger partial charge < -0.3 is 0 Å². The van der Waals surface area contributed by atoms with Gasteiger partial charge in [-0.1, -0.05) is 13.8 Å². The standard InChI is InChI=1S/C13H12F4N2O/c1-7(2)10(20)9-6-19(12(14)13(15,16)17)11-8(9)4-3-5-18-11/h3-7,12H,1-2H3. The van der Waals surface area contributed by atoms with E-state index in [1.54, 1.807) is 13.8 Å². The number of carbonyl (C=O) groups is 1. The fourth-order valence-electron chi connectivity index (χ4n) is 1.92. The first-order chi connectivity index (χ1) is 9.23. The van der Waals surface area contributed by atoms with Crippen LogP contribution < -0.4 is 0 Å². The molecule has 2 rings (SSSR count). The monoisotopic (exact) mass is 288 g/mol. The summed E-state index contributed by atoms with van der Waals surface area (Å²) in [6, 6.07) is 2.95. The van der Waals surface area contributed by atoms with Crippen molar-refractivity contribution in [2.45, 2.75) is 26.3 Å². The van der Waals surface area contributed by atoms with Crippen molar-refractivity contribution >= 4 is 16.8 Å². The number of fused-ring (bicyclic) bond motifs is 1. The van der Waals surface area contributed by atoms with Gasteiger partial charge in [0.2, 0.25) is 0 Å². The van der Waals surface area contributed by atoms with Crippen LogP contribution in [0.25, 0.3) is 11.0 Å². The predicted molar refractivity (Wildman–Crippen MR) is 65.1 cm³/mol. The fourth-order valence-corrected chi connectivity index (χ4v) is 1.92. The Morgan fingerprint density at radius 3 is 2.55 bits per heavy atom. The Morgan fingerprint density at radius 1 is 1.35 bits per heavy atom. The number of halogens is 4. The summed E-state index contributed by atoms with van der Waals surface area (Å²) in [5.74, 6) is -0.755. The van der Waals surface area contributed by atoms with Gasteiger partial charge in [0, 0.05) is 29.3 Å². The number of carbonyl (C=O) groups excluding carboxylic acids is 1. The van der Waals surface area contributed by atoms with Gasteiger partial charge in [0.25, 0.3) is 6.30 Å². The van der Waals surface area contributed by atoms with Crippen molar-refractivity contribution in [3.8, 4) is 0 Å². The summed E-state index contributed by atoms with van der Waals surface area (Å²) in [6.07, 6.45) is -6.14. The van der Waals surface area contributed by atoms with Gasteiger partial charge >= 0.3 is 6.18 Å². The molecule has 2 heterocycles. The van der Waals surface area contributed by atoms with Gasteiger partial charge in [-0.15, -0.1) is 0 Å². The van der Waals surface area contributed by atoms with Gasteiger partial charge in [0.05, 0.1) is 0 Å². The van der Waals surface area contributed by atoms with Crippen LogP contribution >= 0.6 is 0 Å². The summed E-state index contributed by atoms with van der Waals surface area (Å²) in [7, 11) is 0. The smallest absolute Gasteiger partial charge is 0.294 e. The number of ketones is 1. The summed E-state index contributed by atoms with van der Waals surface area (Å²) in [6.45, 7) is 3.25. The lowest BCUT2D eigenvalue weighted by Gasteiger charge is -2.14. The quantitative estimate of drug-likeness (QED) is 0.634. The molecule has 1 unspecified atom stereocenters. The average Bonchev–Trinajstić information content (AvgIpc) is 2.75. The van der Waals surface area contributed by atoms with Crippen LogP contribution in [0.3, 0.4) is 0 Å². The molecule has 0 amide bonds. The summed E-state index contributed by atoms with van der Waals surface area (Å²) >= 11 is 0. The normalized spacial score (nSPS) is 13.9. The molecule has 0 N–H and O–H groups in total. The molecule has 0 saturated heterocycles. The van der Waals surface area contributed by atoms with Crippen LogP contribution in [-0.2, 0) is 0 Å². The van der Waals surface area contributed by atoms with E-state index in [4.69, 9.17) is 0 Å². The van der Waals surface area contributed by atoms with Crippen molar-refractivity contribution in [2.24, 2.45) is 5.92 Å². The molecule has 20 heavy (non-hydrogen) atoms. The lowest BCUT2D eigenvalue weighted by Crippen LogP contribution is -2.22. The van der Waals surface area contributed by atoms with Gasteiger partial charge in [0.1, 0.15) is 5.65 Å². The van der Waals surface area contributed by atoms with Crippen LogP contribution in [0.2, 0.25) is 0 Å². The molecular formula is C13H12F4N2O.